The Morgan fingerprint density at radius 2 is 1.48 bits per heavy atom. The molecule has 2 atom stereocenters. The van der Waals surface area contributed by atoms with Crippen molar-refractivity contribution in [3.63, 3.8) is 0 Å². The summed E-state index contributed by atoms with van der Waals surface area (Å²) in [4.78, 5) is 43.9. The van der Waals surface area contributed by atoms with Gasteiger partial charge in [0.2, 0.25) is 17.7 Å². The van der Waals surface area contributed by atoms with Crippen LogP contribution in [0.5, 0.6) is 0 Å². The molecule has 1 aliphatic rings. The van der Waals surface area contributed by atoms with E-state index in [2.05, 4.69) is 31.3 Å². The smallest absolute Gasteiger partial charge is 0.246 e. The minimum Gasteiger partial charge on any atom is -0.352 e. The van der Waals surface area contributed by atoms with E-state index in [1.807, 2.05) is 66.7 Å². The summed E-state index contributed by atoms with van der Waals surface area (Å²) in [5.41, 5.74) is 1.93. The molecule has 1 aliphatic carbocycles. The van der Waals surface area contributed by atoms with Gasteiger partial charge >= 0.3 is 0 Å². The van der Waals surface area contributed by atoms with Crippen LogP contribution < -0.4 is 5.32 Å². The van der Waals surface area contributed by atoms with Crippen LogP contribution in [0.2, 0.25) is 0 Å². The van der Waals surface area contributed by atoms with E-state index in [9.17, 15) is 14.4 Å². The summed E-state index contributed by atoms with van der Waals surface area (Å²) in [5.74, 6) is -0.208. The average Bonchev–Trinajstić information content (AvgIpc) is 3.77. The average molecular weight is 540 g/mol. The molecular weight excluding hydrogens is 498 g/mol. The number of hydrogen-bond donors (Lipinski definition) is 1. The number of likely N-dealkylation sites (N-methyl/N-ethyl adjacent to an activating group) is 2. The van der Waals surface area contributed by atoms with Crippen molar-refractivity contribution in [2.24, 2.45) is 5.92 Å². The van der Waals surface area contributed by atoms with Crippen LogP contribution in [0.15, 0.2) is 84.9 Å². The summed E-state index contributed by atoms with van der Waals surface area (Å²) in [6, 6.07) is 22.7. The van der Waals surface area contributed by atoms with E-state index in [-0.39, 0.29) is 23.8 Å². The third-order valence-corrected chi connectivity index (χ3v) is 7.52. The molecule has 0 aromatic heterocycles. The Bertz CT molecular complexity index is 1350. The molecule has 4 rings (SSSR count). The first-order chi connectivity index (χ1) is 19.2. The fourth-order valence-corrected chi connectivity index (χ4v) is 4.85. The number of rotatable bonds is 12. The molecule has 0 saturated heterocycles. The molecule has 1 N–H and O–H groups in total. The summed E-state index contributed by atoms with van der Waals surface area (Å²) in [6.07, 6.45) is 6.88. The summed E-state index contributed by atoms with van der Waals surface area (Å²) in [5, 5.41) is 5.28. The molecule has 0 radical (unpaired) electrons. The Labute approximate surface area is 238 Å². The molecule has 40 heavy (non-hydrogen) atoms. The molecule has 0 aliphatic heterocycles. The van der Waals surface area contributed by atoms with Crippen molar-refractivity contribution in [3.05, 3.63) is 96.1 Å². The Morgan fingerprint density at radius 1 is 0.825 bits per heavy atom. The van der Waals surface area contributed by atoms with Crippen molar-refractivity contribution in [3.8, 4) is 0 Å². The summed E-state index contributed by atoms with van der Waals surface area (Å²) < 4.78 is 0. The summed E-state index contributed by atoms with van der Waals surface area (Å²) in [6.45, 7) is 4.19. The van der Waals surface area contributed by atoms with Crippen LogP contribution in [-0.4, -0.2) is 59.7 Å². The molecule has 0 unspecified atom stereocenters. The first-order valence-corrected chi connectivity index (χ1v) is 14.2. The standard InChI is InChI=1S/C34H41N3O3/c1-24(2)11-10-16-32(38)36(3)31(23-26-17-18-27-14-8-9-15-28(27)21-26)34(40)37(4)30(33(39)35-29-19-20-29)22-25-12-6-5-7-13-25/h5-10,12-18,21,24,29-31H,11,19-20,22-23H2,1-4H3,(H,35,39)/t30-,31-/m1/s1. The molecule has 0 bridgehead atoms. The van der Waals surface area contributed by atoms with Crippen molar-refractivity contribution < 1.29 is 14.4 Å². The van der Waals surface area contributed by atoms with Crippen molar-refractivity contribution >= 4 is 28.5 Å². The first-order valence-electron chi connectivity index (χ1n) is 14.2. The van der Waals surface area contributed by atoms with Crippen LogP contribution in [0, 0.1) is 5.92 Å². The lowest BCUT2D eigenvalue weighted by Crippen LogP contribution is -2.56. The highest BCUT2D eigenvalue weighted by Gasteiger charge is 2.36. The fraction of sp³-hybridized carbons (Fsp3) is 0.382. The molecule has 6 nitrogen and oxygen atoms in total. The second-order valence-electron chi connectivity index (χ2n) is 11.3. The fourth-order valence-electron chi connectivity index (χ4n) is 4.85. The molecule has 3 amide bonds. The molecule has 6 heteroatoms. The second-order valence-corrected chi connectivity index (χ2v) is 11.3. The zero-order chi connectivity index (χ0) is 28.6. The number of hydrogen-bond acceptors (Lipinski definition) is 3. The first kappa shape index (κ1) is 29.1. The zero-order valence-corrected chi connectivity index (χ0v) is 24.0. The lowest BCUT2D eigenvalue weighted by Gasteiger charge is -2.34. The minimum atomic E-state index is -0.769. The normalized spacial score (nSPS) is 14.7. The van der Waals surface area contributed by atoms with Gasteiger partial charge < -0.3 is 15.1 Å². The summed E-state index contributed by atoms with van der Waals surface area (Å²) in [7, 11) is 3.36. The Hall–Kier alpha value is -3.93. The third-order valence-electron chi connectivity index (χ3n) is 7.52. The topological polar surface area (TPSA) is 69.7 Å². The van der Waals surface area contributed by atoms with Crippen LogP contribution in [-0.2, 0) is 27.2 Å². The van der Waals surface area contributed by atoms with Crippen LogP contribution in [0.4, 0.5) is 0 Å². The maximum atomic E-state index is 14.2. The van der Waals surface area contributed by atoms with Gasteiger partial charge in [-0.15, -0.1) is 0 Å². The van der Waals surface area contributed by atoms with Gasteiger partial charge in [0.05, 0.1) is 0 Å². The highest BCUT2D eigenvalue weighted by molar-refractivity contribution is 5.95. The molecule has 3 aromatic rings. The maximum Gasteiger partial charge on any atom is 0.246 e. The number of benzene rings is 3. The zero-order valence-electron chi connectivity index (χ0n) is 24.0. The Balaban J connectivity index is 1.62. The molecule has 0 heterocycles. The van der Waals surface area contributed by atoms with E-state index >= 15 is 0 Å². The predicted molar refractivity (Wildman–Crippen MR) is 161 cm³/mol. The van der Waals surface area contributed by atoms with Crippen molar-refractivity contribution in [1.82, 2.24) is 15.1 Å². The van der Waals surface area contributed by atoms with Gasteiger partial charge in [-0.1, -0.05) is 92.7 Å². The number of fused-ring (bicyclic) bond motifs is 1. The Kier molecular flexibility index (Phi) is 9.75. The predicted octanol–water partition coefficient (Wildman–Crippen LogP) is 5.16. The SMILES string of the molecule is CC(C)CC=CC(=O)N(C)[C@H](Cc1ccc2ccccc2c1)C(=O)N(C)[C@H](Cc1ccccc1)C(=O)NC1CC1. The lowest BCUT2D eigenvalue weighted by atomic mass is 9.98. The van der Waals surface area contributed by atoms with Gasteiger partial charge in [-0.05, 0) is 53.2 Å². The van der Waals surface area contributed by atoms with Crippen molar-refractivity contribution in [1.29, 1.82) is 0 Å². The molecule has 1 saturated carbocycles. The monoisotopic (exact) mass is 539 g/mol. The van der Waals surface area contributed by atoms with Crippen molar-refractivity contribution in [2.75, 3.05) is 14.1 Å². The number of nitrogens with one attached hydrogen (secondary N) is 1. The van der Waals surface area contributed by atoms with Crippen LogP contribution >= 0.6 is 0 Å². The van der Waals surface area contributed by atoms with E-state index in [0.29, 0.717) is 18.8 Å². The number of carbonyl (C=O) groups excluding carboxylic acids is 3. The molecule has 3 aromatic carbocycles. The van der Waals surface area contributed by atoms with Gasteiger partial charge in [0.15, 0.2) is 0 Å². The van der Waals surface area contributed by atoms with E-state index in [0.717, 1.165) is 41.2 Å². The largest absolute Gasteiger partial charge is 0.352 e. The van der Waals surface area contributed by atoms with Gasteiger partial charge in [-0.2, -0.15) is 0 Å². The quantitative estimate of drug-likeness (QED) is 0.323. The number of carbonyl (C=O) groups is 3. The van der Waals surface area contributed by atoms with Crippen LogP contribution in [0.25, 0.3) is 10.8 Å². The molecular formula is C34H41N3O3. The minimum absolute atomic E-state index is 0.155. The second kappa shape index (κ2) is 13.4. The van der Waals surface area contributed by atoms with Crippen LogP contribution in [0.1, 0.15) is 44.2 Å². The van der Waals surface area contributed by atoms with Gasteiger partial charge in [0.1, 0.15) is 12.1 Å². The molecule has 1 fully saturated rings. The van der Waals surface area contributed by atoms with Gasteiger partial charge in [-0.25, -0.2) is 0 Å². The van der Waals surface area contributed by atoms with Crippen LogP contribution in [0.3, 0.4) is 0 Å². The molecule has 210 valence electrons. The Morgan fingerprint density at radius 3 is 2.15 bits per heavy atom. The van der Waals surface area contributed by atoms with Gasteiger partial charge in [0, 0.05) is 33.0 Å². The van der Waals surface area contributed by atoms with E-state index in [4.69, 9.17) is 0 Å². The van der Waals surface area contributed by atoms with E-state index in [1.54, 1.807) is 20.2 Å². The number of allylic oxidation sites excluding steroid dienone is 1. The van der Waals surface area contributed by atoms with E-state index < -0.39 is 12.1 Å². The van der Waals surface area contributed by atoms with Gasteiger partial charge in [-0.3, -0.25) is 14.4 Å². The lowest BCUT2D eigenvalue weighted by molar-refractivity contribution is -0.146. The van der Waals surface area contributed by atoms with Crippen molar-refractivity contribution in [2.45, 2.75) is 64.1 Å². The number of amides is 3. The van der Waals surface area contributed by atoms with Gasteiger partial charge in [0.25, 0.3) is 0 Å². The van der Waals surface area contributed by atoms with E-state index in [1.165, 1.54) is 9.80 Å². The highest BCUT2D eigenvalue weighted by atomic mass is 16.2. The third kappa shape index (κ3) is 7.81. The maximum absolute atomic E-state index is 14.2. The molecule has 0 spiro atoms. The summed E-state index contributed by atoms with van der Waals surface area (Å²) >= 11 is 0. The highest BCUT2D eigenvalue weighted by Crippen LogP contribution is 2.22. The number of nitrogens with zero attached hydrogens (tertiary/aromatic N) is 2.